The van der Waals surface area contributed by atoms with Crippen LogP contribution in [-0.4, -0.2) is 39.0 Å². The monoisotopic (exact) mass is 600 g/mol. The first-order valence-corrected chi connectivity index (χ1v) is 15.9. The lowest BCUT2D eigenvalue weighted by Crippen LogP contribution is -2.12. The largest absolute Gasteiger partial charge is 0.369 e. The summed E-state index contributed by atoms with van der Waals surface area (Å²) in [6.45, 7) is 1.58. The Bertz CT molecular complexity index is 1600. The van der Waals surface area contributed by atoms with Gasteiger partial charge in [-0.25, -0.2) is 9.97 Å². The first-order chi connectivity index (χ1) is 21.5. The molecule has 0 atom stereocenters. The van der Waals surface area contributed by atoms with Crippen LogP contribution in [-0.2, 0) is 13.1 Å². The van der Waals surface area contributed by atoms with Crippen molar-refractivity contribution in [2.75, 3.05) is 11.5 Å². The molecule has 4 heterocycles. The number of rotatable bonds is 18. The van der Waals surface area contributed by atoms with Gasteiger partial charge in [0.05, 0.1) is 12.7 Å². The quantitative estimate of drug-likeness (QED) is 0.0940. The maximum atomic E-state index is 11.9. The van der Waals surface area contributed by atoms with Gasteiger partial charge in [0.1, 0.15) is 0 Å². The van der Waals surface area contributed by atoms with Crippen molar-refractivity contribution in [3.8, 4) is 23.7 Å². The van der Waals surface area contributed by atoms with E-state index in [-0.39, 0.29) is 23.0 Å². The van der Waals surface area contributed by atoms with Crippen LogP contribution >= 0.6 is 0 Å². The molecule has 0 amide bonds. The zero-order valence-electron chi connectivity index (χ0n) is 25.5. The number of aryl methyl sites for hydroxylation is 2. The number of nitrogen functional groups attached to an aromatic ring is 2. The summed E-state index contributed by atoms with van der Waals surface area (Å²) in [5.41, 5.74) is 12.5. The Hall–Kier alpha value is -4.58. The van der Waals surface area contributed by atoms with Gasteiger partial charge in [-0.15, -0.1) is 0 Å². The summed E-state index contributed by atoms with van der Waals surface area (Å²) >= 11 is 0. The third-order valence-electron chi connectivity index (χ3n) is 7.63. The van der Waals surface area contributed by atoms with E-state index in [1.54, 1.807) is 12.7 Å². The average Bonchev–Trinajstić information content (AvgIpc) is 3.60. The summed E-state index contributed by atoms with van der Waals surface area (Å²) in [6, 6.07) is 0. The van der Waals surface area contributed by atoms with Gasteiger partial charge < -0.3 is 20.6 Å². The highest BCUT2D eigenvalue weighted by atomic mass is 16.1. The number of anilines is 2. The number of aromatic amines is 2. The normalized spacial score (nSPS) is 11.0. The Morgan fingerprint density at radius 2 is 0.932 bits per heavy atom. The number of fused-ring (bicyclic) bond motifs is 2. The van der Waals surface area contributed by atoms with E-state index in [0.717, 1.165) is 64.5 Å². The molecular formula is C32H44N10O2. The van der Waals surface area contributed by atoms with Crippen molar-refractivity contribution in [3.05, 3.63) is 33.4 Å². The molecule has 0 aliphatic heterocycles. The Balaban J connectivity index is 0.919. The zero-order chi connectivity index (χ0) is 31.0. The average molecular weight is 601 g/mol. The molecular weight excluding hydrogens is 556 g/mol. The lowest BCUT2D eigenvalue weighted by molar-refractivity contribution is 0.550. The van der Waals surface area contributed by atoms with E-state index in [2.05, 4.69) is 53.6 Å². The first-order valence-electron chi connectivity index (χ1n) is 15.9. The number of hydrogen-bond donors (Lipinski definition) is 4. The van der Waals surface area contributed by atoms with Crippen LogP contribution in [0, 0.1) is 23.7 Å². The Morgan fingerprint density at radius 1 is 0.568 bits per heavy atom. The fourth-order valence-electron chi connectivity index (χ4n) is 5.24. The number of nitrogens with one attached hydrogen (secondary N) is 2. The van der Waals surface area contributed by atoms with Crippen LogP contribution < -0.4 is 22.6 Å². The second-order valence-electron chi connectivity index (χ2n) is 11.2. The lowest BCUT2D eigenvalue weighted by Gasteiger charge is -2.04. The molecule has 0 fully saturated rings. The van der Waals surface area contributed by atoms with Crippen molar-refractivity contribution in [2.45, 2.75) is 116 Å². The molecule has 12 heteroatoms. The number of aromatic nitrogens is 8. The highest BCUT2D eigenvalue weighted by Crippen LogP contribution is 2.13. The predicted octanol–water partition coefficient (Wildman–Crippen LogP) is 4.67. The van der Waals surface area contributed by atoms with Crippen LogP contribution in [0.1, 0.15) is 103 Å². The van der Waals surface area contributed by atoms with Crippen LogP contribution in [0.5, 0.6) is 0 Å². The van der Waals surface area contributed by atoms with E-state index in [4.69, 9.17) is 11.5 Å². The van der Waals surface area contributed by atoms with Gasteiger partial charge >= 0.3 is 0 Å². The molecule has 0 saturated carbocycles. The molecule has 0 aliphatic rings. The molecule has 0 radical (unpaired) electrons. The fourth-order valence-corrected chi connectivity index (χ4v) is 5.24. The van der Waals surface area contributed by atoms with Crippen molar-refractivity contribution < 1.29 is 0 Å². The zero-order valence-corrected chi connectivity index (χ0v) is 25.5. The number of hydrogen-bond acceptors (Lipinski definition) is 8. The molecule has 6 N–H and O–H groups in total. The molecule has 0 spiro atoms. The van der Waals surface area contributed by atoms with Gasteiger partial charge in [-0.1, -0.05) is 76.0 Å². The van der Waals surface area contributed by atoms with Crippen LogP contribution in [0.15, 0.2) is 22.2 Å². The standard InChI is InChI=1S/C32H44N10O2/c33-31-37-27-25(29(43)39-31)35-23-41(27)21-19-17-15-13-11-9-7-5-3-1-2-4-6-8-10-12-14-16-18-20-22-42-24-36-26-28(42)38-32(34)40-30(26)44/h23-24H,5-22H2,(H3,33,37,39,43)(H3,34,38,40,44). The summed E-state index contributed by atoms with van der Waals surface area (Å²) < 4.78 is 3.81. The smallest absolute Gasteiger partial charge is 0.280 e. The second kappa shape index (κ2) is 17.5. The van der Waals surface area contributed by atoms with Crippen molar-refractivity contribution in [2.24, 2.45) is 0 Å². The summed E-state index contributed by atoms with van der Waals surface area (Å²) in [5, 5.41) is 0. The predicted molar refractivity (Wildman–Crippen MR) is 175 cm³/mol. The SMILES string of the molecule is Nc1nc2c(ncn2CCCCCCCCCC#CC#CCCCCCCCCCn2cnc3c(=O)[nH]c(N)nc32)c(=O)[nH]1. The minimum Gasteiger partial charge on any atom is -0.369 e. The van der Waals surface area contributed by atoms with E-state index in [1.807, 2.05) is 9.13 Å². The molecule has 12 nitrogen and oxygen atoms in total. The second-order valence-corrected chi connectivity index (χ2v) is 11.2. The molecule has 0 aromatic carbocycles. The summed E-state index contributed by atoms with van der Waals surface area (Å²) in [4.78, 5) is 45.4. The van der Waals surface area contributed by atoms with E-state index in [9.17, 15) is 9.59 Å². The van der Waals surface area contributed by atoms with Crippen molar-refractivity contribution >= 4 is 34.2 Å². The summed E-state index contributed by atoms with van der Waals surface area (Å²) in [6.07, 6.45) is 21.4. The molecule has 4 aromatic heterocycles. The van der Waals surface area contributed by atoms with Gasteiger partial charge in [0.15, 0.2) is 22.3 Å². The molecule has 0 unspecified atom stereocenters. The Labute approximate surface area is 257 Å². The Morgan fingerprint density at radius 3 is 1.34 bits per heavy atom. The first kappa shape index (κ1) is 32.3. The van der Waals surface area contributed by atoms with E-state index in [1.165, 1.54) is 51.4 Å². The molecule has 234 valence electrons. The number of H-pyrrole nitrogens is 2. The third-order valence-corrected chi connectivity index (χ3v) is 7.63. The van der Waals surface area contributed by atoms with Gasteiger partial charge in [-0.05, 0) is 37.5 Å². The number of unbranched alkanes of at least 4 members (excludes halogenated alkanes) is 14. The Kier molecular flexibility index (Phi) is 12.9. The van der Waals surface area contributed by atoms with Crippen molar-refractivity contribution in [1.29, 1.82) is 0 Å². The topological polar surface area (TPSA) is 179 Å². The fraction of sp³-hybridized carbons (Fsp3) is 0.562. The molecule has 4 rings (SSSR count). The maximum absolute atomic E-state index is 11.9. The van der Waals surface area contributed by atoms with Gasteiger partial charge in [0.2, 0.25) is 11.9 Å². The minimum atomic E-state index is -0.293. The van der Waals surface area contributed by atoms with Crippen LogP contribution in [0.3, 0.4) is 0 Å². The van der Waals surface area contributed by atoms with Gasteiger partial charge in [-0.2, -0.15) is 9.97 Å². The van der Waals surface area contributed by atoms with Crippen molar-refractivity contribution in [3.63, 3.8) is 0 Å². The maximum Gasteiger partial charge on any atom is 0.280 e. The molecule has 44 heavy (non-hydrogen) atoms. The van der Waals surface area contributed by atoms with E-state index >= 15 is 0 Å². The van der Waals surface area contributed by atoms with E-state index in [0.29, 0.717) is 22.3 Å². The number of nitrogens with two attached hydrogens (primary N) is 2. The molecule has 0 bridgehead atoms. The van der Waals surface area contributed by atoms with Crippen molar-refractivity contribution in [1.82, 2.24) is 39.0 Å². The highest BCUT2D eigenvalue weighted by molar-refractivity contribution is 5.71. The lowest BCUT2D eigenvalue weighted by atomic mass is 10.1. The third kappa shape index (κ3) is 10.0. The molecule has 0 saturated heterocycles. The van der Waals surface area contributed by atoms with Crippen LogP contribution in [0.25, 0.3) is 22.3 Å². The van der Waals surface area contributed by atoms with Gasteiger partial charge in [-0.3, -0.25) is 19.6 Å². The van der Waals surface area contributed by atoms with E-state index < -0.39 is 0 Å². The highest BCUT2D eigenvalue weighted by Gasteiger charge is 2.10. The van der Waals surface area contributed by atoms with Gasteiger partial charge in [0, 0.05) is 25.9 Å². The number of imidazole rings is 2. The summed E-state index contributed by atoms with van der Waals surface area (Å²) in [7, 11) is 0. The molecule has 4 aromatic rings. The van der Waals surface area contributed by atoms with Crippen LogP contribution in [0.4, 0.5) is 11.9 Å². The molecule has 0 aliphatic carbocycles. The summed E-state index contributed by atoms with van der Waals surface area (Å²) in [5.74, 6) is 12.6. The van der Waals surface area contributed by atoms with Gasteiger partial charge in [0.25, 0.3) is 11.1 Å². The minimum absolute atomic E-state index is 0.122. The van der Waals surface area contributed by atoms with Crippen LogP contribution in [0.2, 0.25) is 0 Å². The number of nitrogens with zero attached hydrogens (tertiary/aromatic N) is 6.